The largest absolute Gasteiger partial charge is 0.326 e. The lowest BCUT2D eigenvalue weighted by Gasteiger charge is -2.43. The second-order valence-corrected chi connectivity index (χ2v) is 9.73. The first-order chi connectivity index (χ1) is 15.4. The van der Waals surface area contributed by atoms with Gasteiger partial charge in [-0.05, 0) is 55.9 Å². The number of likely N-dealkylation sites (tertiary alicyclic amines) is 1. The molecule has 8 heteroatoms. The van der Waals surface area contributed by atoms with Crippen molar-refractivity contribution in [1.29, 1.82) is 0 Å². The van der Waals surface area contributed by atoms with Crippen LogP contribution in [0.3, 0.4) is 0 Å². The second kappa shape index (κ2) is 9.81. The molecule has 0 radical (unpaired) electrons. The van der Waals surface area contributed by atoms with Gasteiger partial charge in [0, 0.05) is 43.0 Å². The number of anilines is 1. The van der Waals surface area contributed by atoms with Crippen LogP contribution >= 0.6 is 11.8 Å². The molecular formula is C24H30N4O3S. The summed E-state index contributed by atoms with van der Waals surface area (Å²) in [7, 11) is 0. The van der Waals surface area contributed by atoms with Crippen molar-refractivity contribution >= 4 is 29.4 Å². The summed E-state index contributed by atoms with van der Waals surface area (Å²) in [6.07, 6.45) is 3.53. The maximum atomic E-state index is 13.1. The van der Waals surface area contributed by atoms with E-state index in [0.717, 1.165) is 29.1 Å². The van der Waals surface area contributed by atoms with Crippen LogP contribution < -0.4 is 16.2 Å². The number of nitrogens with one attached hydrogen (secondary N) is 2. The predicted octanol–water partition coefficient (Wildman–Crippen LogP) is 3.05. The highest BCUT2D eigenvalue weighted by Crippen LogP contribution is 2.34. The quantitative estimate of drug-likeness (QED) is 0.703. The Morgan fingerprint density at radius 2 is 1.91 bits per heavy atom. The van der Waals surface area contributed by atoms with Crippen LogP contribution in [0.15, 0.2) is 47.3 Å². The number of fused-ring (bicyclic) bond motifs is 4. The highest BCUT2D eigenvalue weighted by atomic mass is 32.2. The average Bonchev–Trinajstić information content (AvgIpc) is 2.78. The van der Waals surface area contributed by atoms with Crippen molar-refractivity contribution in [2.24, 2.45) is 5.92 Å². The molecule has 0 saturated carbocycles. The number of benzene rings is 1. The zero-order valence-corrected chi connectivity index (χ0v) is 19.4. The smallest absolute Gasteiger partial charge is 0.318 e. The van der Waals surface area contributed by atoms with Gasteiger partial charge < -0.3 is 20.1 Å². The van der Waals surface area contributed by atoms with E-state index in [9.17, 15) is 14.4 Å². The maximum Gasteiger partial charge on any atom is 0.318 e. The first kappa shape index (κ1) is 22.5. The van der Waals surface area contributed by atoms with Crippen molar-refractivity contribution < 1.29 is 9.59 Å². The number of aromatic nitrogens is 1. The molecular weight excluding hydrogens is 424 g/mol. The lowest BCUT2D eigenvalue weighted by atomic mass is 9.83. The lowest BCUT2D eigenvalue weighted by molar-refractivity contribution is -0.118. The first-order valence-electron chi connectivity index (χ1n) is 11.1. The van der Waals surface area contributed by atoms with Gasteiger partial charge in [0.05, 0.1) is 0 Å². The van der Waals surface area contributed by atoms with Gasteiger partial charge in [-0.3, -0.25) is 9.59 Å². The minimum Gasteiger partial charge on any atom is -0.326 e. The summed E-state index contributed by atoms with van der Waals surface area (Å²) in [5.74, 6) is 0.963. The molecule has 2 unspecified atom stereocenters. The average molecular weight is 455 g/mol. The number of pyridine rings is 1. The van der Waals surface area contributed by atoms with Crippen LogP contribution in [0.1, 0.15) is 30.0 Å². The fourth-order valence-corrected chi connectivity index (χ4v) is 5.14. The number of aryl methyl sites for hydroxylation is 1. The van der Waals surface area contributed by atoms with Crippen molar-refractivity contribution in [1.82, 2.24) is 14.8 Å². The number of hydrogen-bond acceptors (Lipinski definition) is 4. The van der Waals surface area contributed by atoms with Crippen molar-refractivity contribution in [3.05, 3.63) is 64.1 Å². The van der Waals surface area contributed by atoms with Crippen molar-refractivity contribution in [3.63, 3.8) is 0 Å². The normalized spacial score (nSPS) is 20.2. The molecule has 0 spiro atoms. The Kier molecular flexibility index (Phi) is 6.89. The van der Waals surface area contributed by atoms with Crippen LogP contribution in [0.2, 0.25) is 0 Å². The summed E-state index contributed by atoms with van der Waals surface area (Å²) in [4.78, 5) is 40.1. The minimum atomic E-state index is -0.604. The van der Waals surface area contributed by atoms with Crippen LogP contribution in [0.5, 0.6) is 0 Å². The molecule has 0 aliphatic carbocycles. The van der Waals surface area contributed by atoms with Crippen LogP contribution in [0.25, 0.3) is 0 Å². The van der Waals surface area contributed by atoms with Crippen molar-refractivity contribution in [3.8, 4) is 0 Å². The molecule has 1 aromatic carbocycles. The number of carbonyl (C=O) groups excluding carboxylic acids is 2. The van der Waals surface area contributed by atoms with Gasteiger partial charge >= 0.3 is 6.03 Å². The zero-order valence-electron chi connectivity index (χ0n) is 18.5. The Balaban J connectivity index is 1.43. The van der Waals surface area contributed by atoms with Crippen LogP contribution in [-0.2, 0) is 11.3 Å². The number of piperidine rings is 1. The van der Waals surface area contributed by atoms with Crippen LogP contribution in [0, 0.1) is 12.8 Å². The van der Waals surface area contributed by atoms with E-state index in [1.165, 1.54) is 0 Å². The molecule has 1 aromatic heterocycles. The summed E-state index contributed by atoms with van der Waals surface area (Å²) in [6.45, 7) is 3.79. The molecule has 2 aromatic rings. The van der Waals surface area contributed by atoms with E-state index in [-0.39, 0.29) is 29.3 Å². The number of urea groups is 1. The third kappa shape index (κ3) is 5.01. The number of rotatable bonds is 6. The molecule has 2 N–H and O–H groups in total. The van der Waals surface area contributed by atoms with Gasteiger partial charge in [0.15, 0.2) is 0 Å². The van der Waals surface area contributed by atoms with Gasteiger partial charge in [0.25, 0.3) is 5.56 Å². The van der Waals surface area contributed by atoms with Crippen molar-refractivity contribution in [2.45, 2.75) is 38.3 Å². The Morgan fingerprint density at radius 1 is 1.12 bits per heavy atom. The van der Waals surface area contributed by atoms with E-state index in [2.05, 4.69) is 10.6 Å². The summed E-state index contributed by atoms with van der Waals surface area (Å²) in [5.41, 5.74) is 2.87. The molecule has 1 fully saturated rings. The Labute approximate surface area is 192 Å². The molecule has 4 rings (SSSR count). The molecule has 2 aliphatic rings. The molecule has 2 bridgehead atoms. The Morgan fingerprint density at radius 3 is 2.66 bits per heavy atom. The minimum absolute atomic E-state index is 0.0278. The predicted molar refractivity (Wildman–Crippen MR) is 128 cm³/mol. The van der Waals surface area contributed by atoms with E-state index in [4.69, 9.17) is 0 Å². The molecule has 3 atom stereocenters. The fraction of sp³-hybridized carbons (Fsp3) is 0.458. The monoisotopic (exact) mass is 454 g/mol. The second-order valence-electron chi connectivity index (χ2n) is 8.74. The van der Waals surface area contributed by atoms with Gasteiger partial charge in [-0.25, -0.2) is 4.79 Å². The van der Waals surface area contributed by atoms with Gasteiger partial charge in [-0.1, -0.05) is 23.8 Å². The Bertz CT molecular complexity index is 1040. The SMILES string of the molecule is CSCC[C@H](NC(=O)N1CC2CC(C1)c1cccc(=O)n1C2)C(=O)Nc1ccc(C)cc1. The summed E-state index contributed by atoms with van der Waals surface area (Å²) in [6, 6.07) is 12.2. The van der Waals surface area contributed by atoms with E-state index < -0.39 is 6.04 Å². The standard InChI is InChI=1S/C24H30N4O3S/c1-16-6-8-19(9-7-16)25-23(30)20(10-11-32-2)26-24(31)27-13-17-12-18(15-27)21-4-3-5-22(29)28(21)14-17/h3-9,17-18,20H,10-15H2,1-2H3,(H,25,30)(H,26,31)/t17?,18?,20-/m0/s1. The molecule has 32 heavy (non-hydrogen) atoms. The molecule has 3 heterocycles. The third-order valence-electron chi connectivity index (χ3n) is 6.31. The number of nitrogens with zero attached hydrogens (tertiary/aromatic N) is 2. The highest BCUT2D eigenvalue weighted by Gasteiger charge is 2.37. The van der Waals surface area contributed by atoms with Gasteiger partial charge in [-0.15, -0.1) is 0 Å². The molecule has 7 nitrogen and oxygen atoms in total. The topological polar surface area (TPSA) is 83.4 Å². The zero-order chi connectivity index (χ0) is 22.7. The van der Waals surface area contributed by atoms with Crippen molar-refractivity contribution in [2.75, 3.05) is 30.4 Å². The first-order valence-corrected chi connectivity index (χ1v) is 12.5. The number of carbonyl (C=O) groups is 2. The van der Waals surface area contributed by atoms with E-state index >= 15 is 0 Å². The van der Waals surface area contributed by atoms with E-state index in [0.29, 0.717) is 26.1 Å². The Hall–Kier alpha value is -2.74. The summed E-state index contributed by atoms with van der Waals surface area (Å²) >= 11 is 1.65. The van der Waals surface area contributed by atoms with Crippen LogP contribution in [-0.4, -0.2) is 52.5 Å². The number of amides is 3. The van der Waals surface area contributed by atoms with E-state index in [1.54, 1.807) is 23.9 Å². The van der Waals surface area contributed by atoms with Gasteiger partial charge in [-0.2, -0.15) is 11.8 Å². The third-order valence-corrected chi connectivity index (χ3v) is 6.95. The highest BCUT2D eigenvalue weighted by molar-refractivity contribution is 7.98. The van der Waals surface area contributed by atoms with Gasteiger partial charge in [0.2, 0.25) is 5.91 Å². The molecule has 1 saturated heterocycles. The maximum absolute atomic E-state index is 13.1. The van der Waals surface area contributed by atoms with E-state index in [1.807, 2.05) is 53.0 Å². The molecule has 170 valence electrons. The summed E-state index contributed by atoms with van der Waals surface area (Å²) in [5, 5.41) is 5.90. The fourth-order valence-electron chi connectivity index (χ4n) is 4.67. The summed E-state index contributed by atoms with van der Waals surface area (Å²) < 4.78 is 1.85. The van der Waals surface area contributed by atoms with Crippen LogP contribution in [0.4, 0.5) is 10.5 Å². The number of hydrogen-bond donors (Lipinski definition) is 2. The molecule has 3 amide bonds. The molecule has 2 aliphatic heterocycles. The van der Waals surface area contributed by atoms with Gasteiger partial charge in [0.1, 0.15) is 6.04 Å². The lowest BCUT2D eigenvalue weighted by Crippen LogP contribution is -2.55. The number of thioether (sulfide) groups is 1.